The maximum atomic E-state index is 6.34. The van der Waals surface area contributed by atoms with Gasteiger partial charge in [0.1, 0.15) is 11.2 Å². The van der Waals surface area contributed by atoms with Gasteiger partial charge in [0.25, 0.3) is 0 Å². The molecule has 0 radical (unpaired) electrons. The summed E-state index contributed by atoms with van der Waals surface area (Å²) in [6, 6.07) is 36.1. The Kier molecular flexibility index (Phi) is 4.14. The van der Waals surface area contributed by atoms with Gasteiger partial charge in [-0.1, -0.05) is 72.3 Å². The minimum Gasteiger partial charge on any atom is -0.456 e. The fourth-order valence-electron chi connectivity index (χ4n) is 4.89. The van der Waals surface area contributed by atoms with Crippen LogP contribution in [0.15, 0.2) is 108 Å². The van der Waals surface area contributed by atoms with Gasteiger partial charge in [-0.15, -0.1) is 11.3 Å². The summed E-state index contributed by atoms with van der Waals surface area (Å²) in [6.45, 7) is 0. The van der Waals surface area contributed by atoms with E-state index < -0.39 is 0 Å². The average molecular weight is 461 g/mol. The number of fused-ring (bicyclic) bond motifs is 6. The molecular formula is C30H17ClOS. The van der Waals surface area contributed by atoms with Gasteiger partial charge < -0.3 is 4.42 Å². The SMILES string of the molecule is Clc1ccc2oc3cccc(-c4ccc5sc6cccc(-c7ccccc7)c6c5c4)c3c2c1. The first kappa shape index (κ1) is 18.9. The first-order chi connectivity index (χ1) is 16.3. The Morgan fingerprint density at radius 3 is 2.24 bits per heavy atom. The number of thiophene rings is 1. The van der Waals surface area contributed by atoms with Crippen molar-refractivity contribution in [3.8, 4) is 22.3 Å². The van der Waals surface area contributed by atoms with Gasteiger partial charge in [-0.2, -0.15) is 0 Å². The van der Waals surface area contributed by atoms with E-state index in [0.717, 1.165) is 27.5 Å². The van der Waals surface area contributed by atoms with E-state index in [0.29, 0.717) is 5.02 Å². The van der Waals surface area contributed by atoms with Crippen LogP contribution in [0.5, 0.6) is 0 Å². The van der Waals surface area contributed by atoms with E-state index in [9.17, 15) is 0 Å². The van der Waals surface area contributed by atoms with E-state index in [1.165, 1.54) is 36.9 Å². The van der Waals surface area contributed by atoms with Crippen LogP contribution < -0.4 is 0 Å². The molecule has 0 aliphatic rings. The standard InChI is InChI=1S/C30H17ClOS/c31-20-13-14-25-23(17-20)29-22(8-4-10-26(29)32-25)19-12-15-27-24(16-19)30-21(9-5-11-28(30)33-27)18-6-2-1-3-7-18/h1-17H. The van der Waals surface area contributed by atoms with Crippen LogP contribution in [0.2, 0.25) is 5.02 Å². The van der Waals surface area contributed by atoms with E-state index in [1.54, 1.807) is 0 Å². The molecule has 33 heavy (non-hydrogen) atoms. The van der Waals surface area contributed by atoms with Gasteiger partial charge in [-0.05, 0) is 64.7 Å². The van der Waals surface area contributed by atoms with Crippen molar-refractivity contribution in [1.29, 1.82) is 0 Å². The lowest BCUT2D eigenvalue weighted by Gasteiger charge is -2.07. The summed E-state index contributed by atoms with van der Waals surface area (Å²) in [5.41, 5.74) is 6.59. The molecular weight excluding hydrogens is 444 g/mol. The van der Waals surface area contributed by atoms with Crippen LogP contribution in [0.3, 0.4) is 0 Å². The lowest BCUT2D eigenvalue weighted by atomic mass is 9.95. The van der Waals surface area contributed by atoms with Gasteiger partial charge in [0, 0.05) is 36.0 Å². The summed E-state index contributed by atoms with van der Waals surface area (Å²) in [7, 11) is 0. The molecule has 0 saturated heterocycles. The second kappa shape index (κ2) is 7.21. The molecule has 2 heterocycles. The molecule has 0 atom stereocenters. The highest BCUT2D eigenvalue weighted by molar-refractivity contribution is 7.26. The van der Waals surface area contributed by atoms with Gasteiger partial charge in [0.15, 0.2) is 0 Å². The maximum absolute atomic E-state index is 6.34. The third-order valence-corrected chi connectivity index (χ3v) is 7.72. The molecule has 0 saturated carbocycles. The zero-order chi connectivity index (χ0) is 21.9. The van der Waals surface area contributed by atoms with Crippen LogP contribution in [-0.4, -0.2) is 0 Å². The highest BCUT2D eigenvalue weighted by Crippen LogP contribution is 2.43. The Morgan fingerprint density at radius 2 is 1.36 bits per heavy atom. The van der Waals surface area contributed by atoms with E-state index in [4.69, 9.17) is 16.0 Å². The minimum atomic E-state index is 0.715. The van der Waals surface area contributed by atoms with Crippen molar-refractivity contribution in [2.24, 2.45) is 0 Å². The fourth-order valence-corrected chi connectivity index (χ4v) is 6.18. The minimum absolute atomic E-state index is 0.715. The number of furan rings is 1. The molecule has 0 bridgehead atoms. The molecule has 7 aromatic rings. The molecule has 7 rings (SSSR count). The number of hydrogen-bond acceptors (Lipinski definition) is 2. The number of halogens is 1. The number of benzene rings is 5. The second-order valence-electron chi connectivity index (χ2n) is 8.28. The quantitative estimate of drug-likeness (QED) is 0.250. The molecule has 156 valence electrons. The third kappa shape index (κ3) is 2.92. The van der Waals surface area contributed by atoms with Crippen molar-refractivity contribution >= 4 is 65.0 Å². The number of hydrogen-bond donors (Lipinski definition) is 0. The highest BCUT2D eigenvalue weighted by Gasteiger charge is 2.15. The predicted molar refractivity (Wildman–Crippen MR) is 142 cm³/mol. The Labute approximate surface area is 199 Å². The highest BCUT2D eigenvalue weighted by atomic mass is 35.5. The van der Waals surface area contributed by atoms with Crippen molar-refractivity contribution in [2.45, 2.75) is 0 Å². The van der Waals surface area contributed by atoms with Crippen molar-refractivity contribution in [1.82, 2.24) is 0 Å². The summed E-state index contributed by atoms with van der Waals surface area (Å²) >= 11 is 8.19. The van der Waals surface area contributed by atoms with Crippen molar-refractivity contribution in [2.75, 3.05) is 0 Å². The van der Waals surface area contributed by atoms with Crippen molar-refractivity contribution < 1.29 is 4.42 Å². The van der Waals surface area contributed by atoms with E-state index >= 15 is 0 Å². The van der Waals surface area contributed by atoms with Gasteiger partial charge >= 0.3 is 0 Å². The van der Waals surface area contributed by atoms with Crippen molar-refractivity contribution in [3.05, 3.63) is 108 Å². The van der Waals surface area contributed by atoms with Crippen LogP contribution in [0.1, 0.15) is 0 Å². The zero-order valence-corrected chi connectivity index (χ0v) is 19.1. The predicted octanol–water partition coefficient (Wildman–Crippen LogP) is 9.94. The number of rotatable bonds is 2. The molecule has 0 aliphatic carbocycles. The average Bonchev–Trinajstić information content (AvgIpc) is 3.42. The zero-order valence-electron chi connectivity index (χ0n) is 17.5. The Balaban J connectivity index is 1.54. The first-order valence-electron chi connectivity index (χ1n) is 10.9. The van der Waals surface area contributed by atoms with Crippen LogP contribution >= 0.6 is 22.9 Å². The third-order valence-electron chi connectivity index (χ3n) is 6.35. The molecule has 0 fully saturated rings. The van der Waals surface area contributed by atoms with Crippen LogP contribution in [-0.2, 0) is 0 Å². The lowest BCUT2D eigenvalue weighted by molar-refractivity contribution is 0.669. The molecule has 0 spiro atoms. The topological polar surface area (TPSA) is 13.1 Å². The smallest absolute Gasteiger partial charge is 0.136 e. The van der Waals surface area contributed by atoms with Crippen LogP contribution in [0, 0.1) is 0 Å². The Hall–Kier alpha value is -3.59. The van der Waals surface area contributed by atoms with Crippen LogP contribution in [0.25, 0.3) is 64.4 Å². The van der Waals surface area contributed by atoms with Gasteiger partial charge in [-0.3, -0.25) is 0 Å². The van der Waals surface area contributed by atoms with Gasteiger partial charge in [0.05, 0.1) is 0 Å². The Morgan fingerprint density at radius 1 is 0.545 bits per heavy atom. The van der Waals surface area contributed by atoms with Crippen molar-refractivity contribution in [3.63, 3.8) is 0 Å². The van der Waals surface area contributed by atoms with Gasteiger partial charge in [0.2, 0.25) is 0 Å². The van der Waals surface area contributed by atoms with E-state index in [1.807, 2.05) is 35.6 Å². The maximum Gasteiger partial charge on any atom is 0.136 e. The molecule has 0 N–H and O–H groups in total. The second-order valence-corrected chi connectivity index (χ2v) is 9.80. The fraction of sp³-hybridized carbons (Fsp3) is 0. The largest absolute Gasteiger partial charge is 0.456 e. The van der Waals surface area contributed by atoms with E-state index in [2.05, 4.69) is 78.9 Å². The molecule has 3 heteroatoms. The lowest BCUT2D eigenvalue weighted by Crippen LogP contribution is -1.81. The molecule has 2 aromatic heterocycles. The summed E-state index contributed by atoms with van der Waals surface area (Å²) in [5.74, 6) is 0. The summed E-state index contributed by atoms with van der Waals surface area (Å²) in [6.07, 6.45) is 0. The molecule has 0 amide bonds. The summed E-state index contributed by atoms with van der Waals surface area (Å²) in [5, 5.41) is 5.48. The monoisotopic (exact) mass is 460 g/mol. The molecule has 1 nitrogen and oxygen atoms in total. The summed E-state index contributed by atoms with van der Waals surface area (Å²) < 4.78 is 8.74. The molecule has 0 unspecified atom stereocenters. The molecule has 5 aromatic carbocycles. The Bertz CT molecular complexity index is 1830. The normalized spacial score (nSPS) is 11.8. The molecule has 0 aliphatic heterocycles. The van der Waals surface area contributed by atoms with E-state index in [-0.39, 0.29) is 0 Å². The van der Waals surface area contributed by atoms with Gasteiger partial charge in [-0.25, -0.2) is 0 Å². The summed E-state index contributed by atoms with van der Waals surface area (Å²) in [4.78, 5) is 0. The first-order valence-corrected chi connectivity index (χ1v) is 12.1. The van der Waals surface area contributed by atoms with Crippen LogP contribution in [0.4, 0.5) is 0 Å².